The number of carbonyl (C=O) groups is 1. The first kappa shape index (κ1) is 8.89. The third kappa shape index (κ3) is 1.51. The van der Waals surface area contributed by atoms with Crippen LogP contribution in [0.5, 0.6) is 0 Å². The highest BCUT2D eigenvalue weighted by molar-refractivity contribution is 7.13. The van der Waals surface area contributed by atoms with E-state index in [1.807, 2.05) is 0 Å². The second kappa shape index (κ2) is 3.59. The molecule has 2 aromatic heterocycles. The Morgan fingerprint density at radius 2 is 2.50 bits per heavy atom. The van der Waals surface area contributed by atoms with Gasteiger partial charge in [-0.1, -0.05) is 0 Å². The van der Waals surface area contributed by atoms with Gasteiger partial charge in [0.05, 0.1) is 13.3 Å². The number of hydrogen-bond donors (Lipinski definition) is 1. The van der Waals surface area contributed by atoms with Crippen molar-refractivity contribution in [3.8, 4) is 10.6 Å². The first-order valence-electron chi connectivity index (χ1n) is 3.84. The molecule has 72 valence electrons. The van der Waals surface area contributed by atoms with Gasteiger partial charge in [-0.05, 0) is 0 Å². The Labute approximate surface area is 83.8 Å². The van der Waals surface area contributed by atoms with Gasteiger partial charge in [0.2, 0.25) is 0 Å². The average molecular weight is 209 g/mol. The summed E-state index contributed by atoms with van der Waals surface area (Å²) in [5.74, 6) is -0.420. The molecular weight excluding hydrogens is 202 g/mol. The van der Waals surface area contributed by atoms with Crippen LogP contribution in [-0.2, 0) is 4.74 Å². The van der Waals surface area contributed by atoms with Crippen LogP contribution >= 0.6 is 11.3 Å². The monoisotopic (exact) mass is 209 g/mol. The minimum absolute atomic E-state index is 0.328. The maximum atomic E-state index is 11.1. The normalized spacial score (nSPS) is 10.1. The largest absolute Gasteiger partial charge is 0.464 e. The molecule has 0 aliphatic carbocycles. The van der Waals surface area contributed by atoms with E-state index in [1.165, 1.54) is 18.4 Å². The zero-order chi connectivity index (χ0) is 9.97. The Balaban J connectivity index is 2.31. The predicted octanol–water partition coefficient (Wildman–Crippen LogP) is 1.32. The van der Waals surface area contributed by atoms with E-state index >= 15 is 0 Å². The average Bonchev–Trinajstić information content (AvgIpc) is 2.86. The number of aromatic nitrogens is 3. The number of esters is 1. The SMILES string of the molecule is COC(=O)c1csc(-c2cn[nH]c2)n1. The molecule has 6 heteroatoms. The van der Waals surface area contributed by atoms with E-state index in [0.717, 1.165) is 10.6 Å². The lowest BCUT2D eigenvalue weighted by Crippen LogP contribution is -2.00. The molecule has 14 heavy (non-hydrogen) atoms. The highest BCUT2D eigenvalue weighted by Crippen LogP contribution is 2.22. The number of hydrogen-bond acceptors (Lipinski definition) is 5. The second-order valence-corrected chi connectivity index (χ2v) is 3.37. The zero-order valence-corrected chi connectivity index (χ0v) is 8.17. The molecule has 2 rings (SSSR count). The smallest absolute Gasteiger partial charge is 0.357 e. The first-order chi connectivity index (χ1) is 6.81. The van der Waals surface area contributed by atoms with Crippen LogP contribution in [0.4, 0.5) is 0 Å². The van der Waals surface area contributed by atoms with Gasteiger partial charge in [0.15, 0.2) is 5.69 Å². The maximum Gasteiger partial charge on any atom is 0.357 e. The fourth-order valence-electron chi connectivity index (χ4n) is 0.972. The fraction of sp³-hybridized carbons (Fsp3) is 0.125. The third-order valence-electron chi connectivity index (χ3n) is 1.64. The van der Waals surface area contributed by atoms with Crippen molar-refractivity contribution >= 4 is 17.3 Å². The Morgan fingerprint density at radius 1 is 1.64 bits per heavy atom. The number of H-pyrrole nitrogens is 1. The fourth-order valence-corrected chi connectivity index (χ4v) is 1.74. The van der Waals surface area contributed by atoms with Gasteiger partial charge in [0.1, 0.15) is 5.01 Å². The summed E-state index contributed by atoms with van der Waals surface area (Å²) in [6.07, 6.45) is 3.37. The van der Waals surface area contributed by atoms with Crippen LogP contribution in [0.3, 0.4) is 0 Å². The van der Waals surface area contributed by atoms with Crippen molar-refractivity contribution in [2.75, 3.05) is 7.11 Å². The van der Waals surface area contributed by atoms with Crippen LogP contribution < -0.4 is 0 Å². The Hall–Kier alpha value is -1.69. The van der Waals surface area contributed by atoms with Crippen LogP contribution in [0.1, 0.15) is 10.5 Å². The molecule has 0 spiro atoms. The second-order valence-electron chi connectivity index (χ2n) is 2.52. The van der Waals surface area contributed by atoms with E-state index in [0.29, 0.717) is 5.69 Å². The highest BCUT2D eigenvalue weighted by Gasteiger charge is 2.11. The van der Waals surface area contributed by atoms with Gasteiger partial charge < -0.3 is 4.74 Å². The van der Waals surface area contributed by atoms with Gasteiger partial charge in [-0.2, -0.15) is 5.10 Å². The van der Waals surface area contributed by atoms with Gasteiger partial charge in [0, 0.05) is 17.1 Å². The minimum Gasteiger partial charge on any atom is -0.464 e. The number of methoxy groups -OCH3 is 1. The summed E-state index contributed by atoms with van der Waals surface area (Å²) in [5.41, 5.74) is 1.19. The highest BCUT2D eigenvalue weighted by atomic mass is 32.1. The summed E-state index contributed by atoms with van der Waals surface area (Å²) in [5, 5.41) is 8.89. The number of nitrogens with zero attached hydrogens (tertiary/aromatic N) is 2. The molecule has 2 aromatic rings. The standard InChI is InChI=1S/C8H7N3O2S/c1-13-8(12)6-4-14-7(11-6)5-2-9-10-3-5/h2-4H,1H3,(H,9,10). The number of aromatic amines is 1. The van der Waals surface area contributed by atoms with Crippen molar-refractivity contribution in [3.05, 3.63) is 23.5 Å². The van der Waals surface area contributed by atoms with Gasteiger partial charge >= 0.3 is 5.97 Å². The van der Waals surface area contributed by atoms with E-state index in [1.54, 1.807) is 17.8 Å². The zero-order valence-electron chi connectivity index (χ0n) is 7.35. The van der Waals surface area contributed by atoms with E-state index in [4.69, 9.17) is 0 Å². The van der Waals surface area contributed by atoms with E-state index in [-0.39, 0.29) is 0 Å². The number of ether oxygens (including phenoxy) is 1. The minimum atomic E-state index is -0.420. The van der Waals surface area contributed by atoms with Crippen LogP contribution in [0, 0.1) is 0 Å². The summed E-state index contributed by atoms with van der Waals surface area (Å²) in [6, 6.07) is 0. The van der Waals surface area contributed by atoms with Crippen molar-refractivity contribution in [3.63, 3.8) is 0 Å². The molecule has 0 aromatic carbocycles. The van der Waals surface area contributed by atoms with Crippen LogP contribution in [0.25, 0.3) is 10.6 Å². The van der Waals surface area contributed by atoms with Gasteiger partial charge in [-0.15, -0.1) is 11.3 Å². The quantitative estimate of drug-likeness (QED) is 0.757. The maximum absolute atomic E-state index is 11.1. The number of nitrogens with one attached hydrogen (secondary N) is 1. The molecule has 0 fully saturated rings. The summed E-state index contributed by atoms with van der Waals surface area (Å²) in [6.45, 7) is 0. The van der Waals surface area contributed by atoms with Crippen LogP contribution in [-0.4, -0.2) is 28.3 Å². The number of carbonyl (C=O) groups excluding carboxylic acids is 1. The summed E-state index contributed by atoms with van der Waals surface area (Å²) >= 11 is 1.38. The molecule has 0 aliphatic heterocycles. The molecule has 0 unspecified atom stereocenters. The molecule has 0 bridgehead atoms. The molecule has 0 saturated heterocycles. The van der Waals surface area contributed by atoms with Crippen molar-refractivity contribution in [2.45, 2.75) is 0 Å². The summed E-state index contributed by atoms with van der Waals surface area (Å²) in [4.78, 5) is 15.2. The lowest BCUT2D eigenvalue weighted by molar-refractivity contribution is 0.0595. The number of thiazole rings is 1. The van der Waals surface area contributed by atoms with Crippen molar-refractivity contribution < 1.29 is 9.53 Å². The topological polar surface area (TPSA) is 67.9 Å². The van der Waals surface area contributed by atoms with Crippen LogP contribution in [0.15, 0.2) is 17.8 Å². The molecule has 0 radical (unpaired) electrons. The Bertz CT molecular complexity index is 435. The van der Waals surface area contributed by atoms with Gasteiger partial charge in [-0.25, -0.2) is 9.78 Å². The Kier molecular flexibility index (Phi) is 2.28. The molecule has 5 nitrogen and oxygen atoms in total. The third-order valence-corrected chi connectivity index (χ3v) is 2.54. The van der Waals surface area contributed by atoms with Crippen molar-refractivity contribution in [1.82, 2.24) is 15.2 Å². The summed E-state index contributed by atoms with van der Waals surface area (Å²) in [7, 11) is 1.33. The predicted molar refractivity (Wildman–Crippen MR) is 51.0 cm³/mol. The molecule has 0 amide bonds. The van der Waals surface area contributed by atoms with Crippen molar-refractivity contribution in [1.29, 1.82) is 0 Å². The molecule has 0 saturated carbocycles. The van der Waals surface area contributed by atoms with Crippen molar-refractivity contribution in [2.24, 2.45) is 0 Å². The molecule has 0 atom stereocenters. The lowest BCUT2D eigenvalue weighted by atomic mass is 10.4. The summed E-state index contributed by atoms with van der Waals surface area (Å²) < 4.78 is 4.55. The van der Waals surface area contributed by atoms with Gasteiger partial charge in [0.25, 0.3) is 0 Å². The molecule has 0 aliphatic rings. The van der Waals surface area contributed by atoms with E-state index in [2.05, 4.69) is 19.9 Å². The Morgan fingerprint density at radius 3 is 3.14 bits per heavy atom. The first-order valence-corrected chi connectivity index (χ1v) is 4.72. The molecule has 2 heterocycles. The van der Waals surface area contributed by atoms with Crippen LogP contribution in [0.2, 0.25) is 0 Å². The van der Waals surface area contributed by atoms with E-state index < -0.39 is 5.97 Å². The number of rotatable bonds is 2. The van der Waals surface area contributed by atoms with E-state index in [9.17, 15) is 4.79 Å². The molecular formula is C8H7N3O2S. The lowest BCUT2D eigenvalue weighted by Gasteiger charge is -1.91. The molecule has 1 N–H and O–H groups in total. The van der Waals surface area contributed by atoms with Gasteiger partial charge in [-0.3, -0.25) is 5.10 Å².